The SMILES string of the molecule is CCNC(=NCC(O)c1ccco1)NCCOc1ccc(OC)cc1.I. The van der Waals surface area contributed by atoms with Crippen LogP contribution in [0.3, 0.4) is 0 Å². The number of nitrogens with zero attached hydrogens (tertiary/aromatic N) is 1. The van der Waals surface area contributed by atoms with E-state index in [9.17, 15) is 5.11 Å². The van der Waals surface area contributed by atoms with Gasteiger partial charge in [-0.1, -0.05) is 0 Å². The van der Waals surface area contributed by atoms with Crippen LogP contribution in [-0.2, 0) is 0 Å². The number of ether oxygens (including phenoxy) is 2. The minimum atomic E-state index is -0.763. The van der Waals surface area contributed by atoms with Crippen LogP contribution in [0.2, 0.25) is 0 Å². The van der Waals surface area contributed by atoms with Crippen LogP contribution in [0.15, 0.2) is 52.1 Å². The number of rotatable bonds is 9. The van der Waals surface area contributed by atoms with Crippen LogP contribution in [0.4, 0.5) is 0 Å². The van der Waals surface area contributed by atoms with Crippen molar-refractivity contribution >= 4 is 29.9 Å². The highest BCUT2D eigenvalue weighted by molar-refractivity contribution is 14.0. The van der Waals surface area contributed by atoms with Crippen molar-refractivity contribution in [1.82, 2.24) is 10.6 Å². The van der Waals surface area contributed by atoms with Crippen LogP contribution >= 0.6 is 24.0 Å². The van der Waals surface area contributed by atoms with E-state index in [0.717, 1.165) is 18.0 Å². The summed E-state index contributed by atoms with van der Waals surface area (Å²) in [6, 6.07) is 10.9. The van der Waals surface area contributed by atoms with E-state index in [1.165, 1.54) is 6.26 Å². The zero-order valence-electron chi connectivity index (χ0n) is 15.0. The molecule has 2 aromatic rings. The number of aliphatic imine (C=N–C) groups is 1. The van der Waals surface area contributed by atoms with Crippen LogP contribution in [0, 0.1) is 0 Å². The summed E-state index contributed by atoms with van der Waals surface area (Å²) in [5.74, 6) is 2.69. The Morgan fingerprint density at radius 1 is 1.19 bits per heavy atom. The summed E-state index contributed by atoms with van der Waals surface area (Å²) in [4.78, 5) is 4.35. The van der Waals surface area contributed by atoms with E-state index in [1.54, 1.807) is 19.2 Å². The molecule has 1 aromatic carbocycles. The maximum absolute atomic E-state index is 10.00. The Bertz CT molecular complexity index is 632. The third kappa shape index (κ3) is 7.52. The van der Waals surface area contributed by atoms with Crippen LogP contribution in [0.5, 0.6) is 11.5 Å². The van der Waals surface area contributed by atoms with Crippen molar-refractivity contribution < 1.29 is 19.0 Å². The molecular weight excluding hydrogens is 449 g/mol. The minimum absolute atomic E-state index is 0. The summed E-state index contributed by atoms with van der Waals surface area (Å²) in [5.41, 5.74) is 0. The summed E-state index contributed by atoms with van der Waals surface area (Å²) in [6.45, 7) is 3.98. The second kappa shape index (κ2) is 12.4. The molecule has 0 saturated heterocycles. The van der Waals surface area contributed by atoms with Crippen molar-refractivity contribution in [1.29, 1.82) is 0 Å². The standard InChI is InChI=1S/C18H25N3O4.HI/c1-3-19-18(21-13-16(22)17-5-4-11-25-17)20-10-12-24-15-8-6-14(23-2)7-9-15;/h4-9,11,16,22H,3,10,12-13H2,1-2H3,(H2,19,20,21);1H. The third-order valence-corrected chi connectivity index (χ3v) is 3.36. The van der Waals surface area contributed by atoms with Gasteiger partial charge in [-0.25, -0.2) is 0 Å². The summed E-state index contributed by atoms with van der Waals surface area (Å²) in [7, 11) is 1.63. The normalized spacial score (nSPS) is 12.0. The van der Waals surface area contributed by atoms with Crippen LogP contribution in [0.25, 0.3) is 0 Å². The highest BCUT2D eigenvalue weighted by Gasteiger charge is 2.09. The number of guanidine groups is 1. The highest BCUT2D eigenvalue weighted by atomic mass is 127. The molecule has 0 aliphatic carbocycles. The summed E-state index contributed by atoms with van der Waals surface area (Å²) < 4.78 is 15.9. The fourth-order valence-corrected chi connectivity index (χ4v) is 2.10. The Kier molecular flexibility index (Phi) is 10.6. The van der Waals surface area contributed by atoms with E-state index in [2.05, 4.69) is 15.6 Å². The average molecular weight is 475 g/mol. The summed E-state index contributed by atoms with van der Waals surface area (Å²) >= 11 is 0. The smallest absolute Gasteiger partial charge is 0.191 e. The minimum Gasteiger partial charge on any atom is -0.497 e. The Balaban J connectivity index is 0.00000338. The Morgan fingerprint density at radius 2 is 1.92 bits per heavy atom. The van der Waals surface area contributed by atoms with E-state index in [0.29, 0.717) is 24.9 Å². The van der Waals surface area contributed by atoms with E-state index in [1.807, 2.05) is 31.2 Å². The maximum atomic E-state index is 10.00. The van der Waals surface area contributed by atoms with Gasteiger partial charge in [0.15, 0.2) is 5.96 Å². The number of aliphatic hydroxyl groups excluding tert-OH is 1. The predicted molar refractivity (Wildman–Crippen MR) is 112 cm³/mol. The first-order valence-electron chi connectivity index (χ1n) is 8.23. The van der Waals surface area contributed by atoms with Gasteiger partial charge in [-0.2, -0.15) is 0 Å². The number of hydrogen-bond donors (Lipinski definition) is 3. The molecule has 0 radical (unpaired) electrons. The fourth-order valence-electron chi connectivity index (χ4n) is 2.10. The molecule has 1 atom stereocenters. The third-order valence-electron chi connectivity index (χ3n) is 3.36. The van der Waals surface area contributed by atoms with Crippen molar-refractivity contribution in [2.24, 2.45) is 4.99 Å². The molecule has 0 bridgehead atoms. The molecular formula is C18H26IN3O4. The van der Waals surface area contributed by atoms with Gasteiger partial charge in [0.2, 0.25) is 0 Å². The number of furan rings is 1. The average Bonchev–Trinajstić information content (AvgIpc) is 3.18. The first-order valence-corrected chi connectivity index (χ1v) is 8.23. The molecule has 3 N–H and O–H groups in total. The van der Waals surface area contributed by atoms with Crippen molar-refractivity contribution in [3.63, 3.8) is 0 Å². The Hall–Kier alpha value is -1.94. The van der Waals surface area contributed by atoms with E-state index in [-0.39, 0.29) is 30.5 Å². The predicted octanol–water partition coefficient (Wildman–Crippen LogP) is 2.57. The maximum Gasteiger partial charge on any atom is 0.191 e. The quantitative estimate of drug-likeness (QED) is 0.224. The van der Waals surface area contributed by atoms with Gasteiger partial charge in [0.05, 0.1) is 26.5 Å². The van der Waals surface area contributed by atoms with Gasteiger partial charge >= 0.3 is 0 Å². The first-order chi connectivity index (χ1) is 12.2. The van der Waals surface area contributed by atoms with Gasteiger partial charge in [-0.15, -0.1) is 24.0 Å². The molecule has 1 aromatic heterocycles. The van der Waals surface area contributed by atoms with Crippen molar-refractivity contribution in [3.05, 3.63) is 48.4 Å². The molecule has 0 amide bonds. The number of halogens is 1. The molecule has 0 aliphatic heterocycles. The molecule has 0 saturated carbocycles. The molecule has 2 rings (SSSR count). The lowest BCUT2D eigenvalue weighted by Crippen LogP contribution is -2.39. The largest absolute Gasteiger partial charge is 0.497 e. The Labute approximate surface area is 170 Å². The number of nitrogens with one attached hydrogen (secondary N) is 2. The number of aliphatic hydroxyl groups is 1. The molecule has 0 fully saturated rings. The number of methoxy groups -OCH3 is 1. The van der Waals surface area contributed by atoms with Gasteiger partial charge in [0, 0.05) is 6.54 Å². The van der Waals surface area contributed by atoms with Crippen molar-refractivity contribution in [3.8, 4) is 11.5 Å². The molecule has 1 heterocycles. The lowest BCUT2D eigenvalue weighted by Gasteiger charge is -2.13. The van der Waals surface area contributed by atoms with Gasteiger partial charge < -0.3 is 29.6 Å². The zero-order valence-corrected chi connectivity index (χ0v) is 17.3. The van der Waals surface area contributed by atoms with Gasteiger partial charge in [0.1, 0.15) is 30.0 Å². The van der Waals surface area contributed by atoms with E-state index in [4.69, 9.17) is 13.9 Å². The van der Waals surface area contributed by atoms with Gasteiger partial charge in [-0.3, -0.25) is 4.99 Å². The number of benzene rings is 1. The molecule has 8 heteroatoms. The highest BCUT2D eigenvalue weighted by Crippen LogP contribution is 2.16. The van der Waals surface area contributed by atoms with Crippen LogP contribution < -0.4 is 20.1 Å². The van der Waals surface area contributed by atoms with E-state index < -0.39 is 6.10 Å². The molecule has 0 spiro atoms. The van der Waals surface area contributed by atoms with Crippen LogP contribution in [0.1, 0.15) is 18.8 Å². The monoisotopic (exact) mass is 475 g/mol. The zero-order chi connectivity index (χ0) is 17.9. The molecule has 7 nitrogen and oxygen atoms in total. The van der Waals surface area contributed by atoms with Crippen molar-refractivity contribution in [2.45, 2.75) is 13.0 Å². The molecule has 1 unspecified atom stereocenters. The van der Waals surface area contributed by atoms with Gasteiger partial charge in [0.25, 0.3) is 0 Å². The second-order valence-corrected chi connectivity index (χ2v) is 5.20. The second-order valence-electron chi connectivity index (χ2n) is 5.20. The van der Waals surface area contributed by atoms with Gasteiger partial charge in [-0.05, 0) is 43.3 Å². The molecule has 0 aliphatic rings. The Morgan fingerprint density at radius 3 is 2.54 bits per heavy atom. The fraction of sp³-hybridized carbons (Fsp3) is 0.389. The van der Waals surface area contributed by atoms with E-state index >= 15 is 0 Å². The number of hydrogen-bond acceptors (Lipinski definition) is 5. The topological polar surface area (TPSA) is 88.3 Å². The lowest BCUT2D eigenvalue weighted by atomic mass is 10.3. The lowest BCUT2D eigenvalue weighted by molar-refractivity contribution is 0.158. The van der Waals surface area contributed by atoms with Crippen molar-refractivity contribution in [2.75, 3.05) is 33.4 Å². The van der Waals surface area contributed by atoms with Crippen LogP contribution in [-0.4, -0.2) is 44.4 Å². The molecule has 26 heavy (non-hydrogen) atoms. The molecule has 144 valence electrons. The first kappa shape index (κ1) is 22.1. The summed E-state index contributed by atoms with van der Waals surface area (Å²) in [6.07, 6.45) is 0.767. The summed E-state index contributed by atoms with van der Waals surface area (Å²) in [5, 5.41) is 16.3.